The fourth-order valence-corrected chi connectivity index (χ4v) is 4.63. The Morgan fingerprint density at radius 1 is 1.14 bits per heavy atom. The summed E-state index contributed by atoms with van der Waals surface area (Å²) in [6.07, 6.45) is 1.32. The number of anilines is 2. The molecule has 1 saturated heterocycles. The van der Waals surface area contributed by atoms with Crippen LogP contribution in [0.15, 0.2) is 48.5 Å². The lowest BCUT2D eigenvalue weighted by Gasteiger charge is -2.17. The van der Waals surface area contributed by atoms with E-state index in [0.717, 1.165) is 12.0 Å². The molecule has 148 valence electrons. The van der Waals surface area contributed by atoms with Crippen LogP contribution in [0.5, 0.6) is 0 Å². The Labute approximate surface area is 164 Å². The average molecular weight is 402 g/mol. The zero-order valence-corrected chi connectivity index (χ0v) is 16.4. The molecule has 28 heavy (non-hydrogen) atoms. The van der Waals surface area contributed by atoms with Crippen LogP contribution in [0, 0.1) is 0 Å². The smallest absolute Gasteiger partial charge is 0.338 e. The molecule has 1 fully saturated rings. The van der Waals surface area contributed by atoms with E-state index in [9.17, 15) is 18.0 Å². The molecule has 7 nitrogen and oxygen atoms in total. The zero-order valence-electron chi connectivity index (χ0n) is 15.6. The van der Waals surface area contributed by atoms with Gasteiger partial charge in [0.25, 0.3) is 5.91 Å². The van der Waals surface area contributed by atoms with Crippen molar-refractivity contribution in [2.45, 2.75) is 19.8 Å². The number of amides is 1. The van der Waals surface area contributed by atoms with Crippen LogP contribution in [0.1, 0.15) is 29.3 Å². The first-order valence-electron chi connectivity index (χ1n) is 9.06. The van der Waals surface area contributed by atoms with Crippen molar-refractivity contribution in [1.82, 2.24) is 0 Å². The third-order valence-corrected chi connectivity index (χ3v) is 6.35. The quantitative estimate of drug-likeness (QED) is 0.750. The summed E-state index contributed by atoms with van der Waals surface area (Å²) in [5.41, 5.74) is 2.30. The van der Waals surface area contributed by atoms with Gasteiger partial charge in [-0.05, 0) is 42.7 Å². The molecule has 2 aromatic rings. The van der Waals surface area contributed by atoms with Crippen LogP contribution >= 0.6 is 0 Å². The van der Waals surface area contributed by atoms with E-state index in [1.54, 1.807) is 18.2 Å². The molecule has 2 aromatic carbocycles. The van der Waals surface area contributed by atoms with Crippen LogP contribution < -0.4 is 9.62 Å². The first-order chi connectivity index (χ1) is 13.4. The van der Waals surface area contributed by atoms with Gasteiger partial charge < -0.3 is 10.1 Å². The largest absolute Gasteiger partial charge is 0.452 e. The number of benzene rings is 2. The second-order valence-electron chi connectivity index (χ2n) is 6.43. The Morgan fingerprint density at radius 3 is 2.64 bits per heavy atom. The Kier molecular flexibility index (Phi) is 5.99. The lowest BCUT2D eigenvalue weighted by atomic mass is 10.1. The second kappa shape index (κ2) is 8.43. The van der Waals surface area contributed by atoms with E-state index < -0.39 is 28.5 Å². The lowest BCUT2D eigenvalue weighted by Crippen LogP contribution is -2.25. The minimum atomic E-state index is -3.33. The normalized spacial score (nSPS) is 15.2. The van der Waals surface area contributed by atoms with Crippen molar-refractivity contribution in [3.05, 3.63) is 59.7 Å². The number of para-hydroxylation sites is 1. The molecule has 1 aliphatic rings. The van der Waals surface area contributed by atoms with Crippen LogP contribution in [-0.4, -0.2) is 39.2 Å². The summed E-state index contributed by atoms with van der Waals surface area (Å²) in [5, 5.41) is 2.73. The van der Waals surface area contributed by atoms with Crippen LogP contribution in [0.25, 0.3) is 0 Å². The number of nitrogens with zero attached hydrogens (tertiary/aromatic N) is 1. The summed E-state index contributed by atoms with van der Waals surface area (Å²) in [6, 6.07) is 13.6. The predicted molar refractivity (Wildman–Crippen MR) is 107 cm³/mol. The van der Waals surface area contributed by atoms with Gasteiger partial charge in [-0.2, -0.15) is 0 Å². The molecule has 1 aliphatic heterocycles. The molecule has 1 heterocycles. The molecule has 0 saturated carbocycles. The molecule has 0 bridgehead atoms. The lowest BCUT2D eigenvalue weighted by molar-refractivity contribution is -0.119. The standard InChI is InChI=1S/C20H22N2O5S/c1-2-15-7-3-4-10-18(15)21-19(23)14-27-20(24)16-8-5-9-17(13-16)22-11-6-12-28(22,25)26/h3-5,7-10,13H,2,6,11-12,14H2,1H3,(H,21,23). The van der Waals surface area contributed by atoms with Crippen LogP contribution in [0.4, 0.5) is 11.4 Å². The van der Waals surface area contributed by atoms with Crippen molar-refractivity contribution in [1.29, 1.82) is 0 Å². The maximum atomic E-state index is 12.3. The summed E-state index contributed by atoms with van der Waals surface area (Å²) in [5.74, 6) is -1.02. The molecule has 8 heteroatoms. The predicted octanol–water partition coefficient (Wildman–Crippen LogP) is 2.58. The van der Waals surface area contributed by atoms with Crippen LogP contribution in [-0.2, 0) is 26.0 Å². The minimum Gasteiger partial charge on any atom is -0.452 e. The van der Waals surface area contributed by atoms with Crippen molar-refractivity contribution in [3.63, 3.8) is 0 Å². The maximum Gasteiger partial charge on any atom is 0.338 e. The van der Waals surface area contributed by atoms with Gasteiger partial charge in [0.05, 0.1) is 17.0 Å². The Hall–Kier alpha value is -2.87. The topological polar surface area (TPSA) is 92.8 Å². The van der Waals surface area contributed by atoms with E-state index >= 15 is 0 Å². The number of carbonyl (C=O) groups excluding carboxylic acids is 2. The number of hydrogen-bond donors (Lipinski definition) is 1. The zero-order chi connectivity index (χ0) is 20.1. The van der Waals surface area contributed by atoms with Crippen molar-refractivity contribution in [2.24, 2.45) is 0 Å². The Bertz CT molecular complexity index is 988. The fourth-order valence-electron chi connectivity index (χ4n) is 3.07. The minimum absolute atomic E-state index is 0.0983. The number of carbonyl (C=O) groups is 2. The first-order valence-corrected chi connectivity index (χ1v) is 10.7. The van der Waals surface area contributed by atoms with Gasteiger partial charge in [-0.3, -0.25) is 9.10 Å². The summed E-state index contributed by atoms with van der Waals surface area (Å²) in [4.78, 5) is 24.4. The number of sulfonamides is 1. The van der Waals surface area contributed by atoms with Crippen molar-refractivity contribution >= 4 is 33.3 Å². The summed E-state index contributed by atoms with van der Waals surface area (Å²) >= 11 is 0. The van der Waals surface area contributed by atoms with Crippen molar-refractivity contribution in [2.75, 3.05) is 28.5 Å². The van der Waals surface area contributed by atoms with Gasteiger partial charge in [0.1, 0.15) is 0 Å². The molecule has 0 aliphatic carbocycles. The first kappa shape index (κ1) is 19.9. The highest BCUT2D eigenvalue weighted by atomic mass is 32.2. The molecule has 0 spiro atoms. The average Bonchev–Trinajstić information content (AvgIpc) is 3.05. The summed E-state index contributed by atoms with van der Waals surface area (Å²) in [7, 11) is -3.33. The molecule has 0 radical (unpaired) electrons. The van der Waals surface area contributed by atoms with Gasteiger partial charge in [-0.1, -0.05) is 31.2 Å². The second-order valence-corrected chi connectivity index (χ2v) is 8.44. The van der Waals surface area contributed by atoms with E-state index in [4.69, 9.17) is 4.74 Å². The van der Waals surface area contributed by atoms with Gasteiger partial charge in [-0.25, -0.2) is 13.2 Å². The Morgan fingerprint density at radius 2 is 1.93 bits per heavy atom. The van der Waals surface area contributed by atoms with E-state index in [1.165, 1.54) is 16.4 Å². The van der Waals surface area contributed by atoms with Gasteiger partial charge >= 0.3 is 5.97 Å². The highest BCUT2D eigenvalue weighted by Crippen LogP contribution is 2.25. The summed E-state index contributed by atoms with van der Waals surface area (Å²) < 4.78 is 30.5. The van der Waals surface area contributed by atoms with Gasteiger partial charge in [0, 0.05) is 12.2 Å². The van der Waals surface area contributed by atoms with Crippen molar-refractivity contribution in [3.8, 4) is 0 Å². The summed E-state index contributed by atoms with van der Waals surface area (Å²) in [6.45, 7) is 1.95. The monoisotopic (exact) mass is 402 g/mol. The molecule has 1 amide bonds. The van der Waals surface area contributed by atoms with Gasteiger partial charge in [0.2, 0.25) is 10.0 Å². The molecular formula is C20H22N2O5S. The number of rotatable bonds is 6. The number of nitrogens with one attached hydrogen (secondary N) is 1. The fraction of sp³-hybridized carbons (Fsp3) is 0.300. The van der Waals surface area contributed by atoms with Crippen LogP contribution in [0.2, 0.25) is 0 Å². The third-order valence-electron chi connectivity index (χ3n) is 4.48. The number of ether oxygens (including phenoxy) is 1. The van der Waals surface area contributed by atoms with E-state index in [-0.39, 0.29) is 11.3 Å². The number of hydrogen-bond acceptors (Lipinski definition) is 5. The Balaban J connectivity index is 1.62. The van der Waals surface area contributed by atoms with E-state index in [2.05, 4.69) is 5.32 Å². The number of aryl methyl sites for hydroxylation is 1. The SMILES string of the molecule is CCc1ccccc1NC(=O)COC(=O)c1cccc(N2CCCS2(=O)=O)c1. The molecule has 1 N–H and O–H groups in total. The molecule has 0 aromatic heterocycles. The highest BCUT2D eigenvalue weighted by molar-refractivity contribution is 7.93. The molecule has 0 unspecified atom stereocenters. The molecule has 3 rings (SSSR count). The van der Waals surface area contributed by atoms with E-state index in [1.807, 2.05) is 25.1 Å². The highest BCUT2D eigenvalue weighted by Gasteiger charge is 2.28. The van der Waals surface area contributed by atoms with Crippen molar-refractivity contribution < 1.29 is 22.7 Å². The molecule has 0 atom stereocenters. The van der Waals surface area contributed by atoms with Gasteiger partial charge in [-0.15, -0.1) is 0 Å². The maximum absolute atomic E-state index is 12.3. The van der Waals surface area contributed by atoms with Crippen LogP contribution in [0.3, 0.4) is 0 Å². The third kappa shape index (κ3) is 4.51. The van der Waals surface area contributed by atoms with Gasteiger partial charge in [0.15, 0.2) is 6.61 Å². The number of esters is 1. The molecular weight excluding hydrogens is 380 g/mol. The van der Waals surface area contributed by atoms with E-state index in [0.29, 0.717) is 24.3 Å².